The Kier molecular flexibility index (Phi) is 3.19. The molecule has 0 saturated carbocycles. The fourth-order valence-electron chi connectivity index (χ4n) is 0.168. The van der Waals surface area contributed by atoms with Gasteiger partial charge in [0.1, 0.15) is 0 Å². The highest BCUT2D eigenvalue weighted by atomic mass is 32.2. The lowest BCUT2D eigenvalue weighted by Gasteiger charge is -2.07. The fraction of sp³-hybridized carbons (Fsp3) is 1.00. The van der Waals surface area contributed by atoms with Gasteiger partial charge in [0, 0.05) is 0 Å². The van der Waals surface area contributed by atoms with Gasteiger partial charge >= 0.3 is 0 Å². The third-order valence-corrected chi connectivity index (χ3v) is 2.03. The summed E-state index contributed by atoms with van der Waals surface area (Å²) in [6.07, 6.45) is -0.708. The molecule has 0 aliphatic heterocycles. The minimum Gasteiger partial charge on any atom is -0.392 e. The van der Waals surface area contributed by atoms with Gasteiger partial charge in [-0.1, -0.05) is 0 Å². The van der Waals surface area contributed by atoms with Crippen molar-refractivity contribution in [1.82, 2.24) is 0 Å². The van der Waals surface area contributed by atoms with Crippen LogP contribution in [0.1, 0.15) is 13.8 Å². The molecule has 4 heteroatoms. The molecule has 8 heavy (non-hydrogen) atoms. The summed E-state index contributed by atoms with van der Waals surface area (Å²) >= 11 is -1.89. The van der Waals surface area contributed by atoms with Gasteiger partial charge in [-0.25, -0.2) is 4.21 Å². The van der Waals surface area contributed by atoms with Crippen molar-refractivity contribution in [3.05, 3.63) is 0 Å². The first kappa shape index (κ1) is 8.07. The Labute approximate surface area is 51.0 Å². The summed E-state index contributed by atoms with van der Waals surface area (Å²) in [6, 6.07) is 0. The van der Waals surface area contributed by atoms with Crippen molar-refractivity contribution >= 4 is 11.1 Å². The first-order valence-electron chi connectivity index (χ1n) is 2.33. The molecule has 0 radical (unpaired) electrons. The molecule has 3 nitrogen and oxygen atoms in total. The summed E-state index contributed by atoms with van der Waals surface area (Å²) in [4.78, 5) is 0. The third-order valence-electron chi connectivity index (χ3n) is 0.997. The second-order valence-corrected chi connectivity index (χ2v) is 3.02. The molecule has 0 bridgehead atoms. The highest BCUT2D eigenvalue weighted by Gasteiger charge is 2.13. The molecule has 0 heterocycles. The first-order valence-corrected chi connectivity index (χ1v) is 3.50. The van der Waals surface area contributed by atoms with E-state index in [2.05, 4.69) is 0 Å². The first-order chi connectivity index (χ1) is 3.55. The zero-order valence-corrected chi connectivity index (χ0v) is 5.68. The molecule has 0 aromatic carbocycles. The Morgan fingerprint density at radius 1 is 1.50 bits per heavy atom. The van der Waals surface area contributed by atoms with Gasteiger partial charge in [0.15, 0.2) is 11.1 Å². The van der Waals surface area contributed by atoms with Crippen LogP contribution >= 0.6 is 0 Å². The summed E-state index contributed by atoms with van der Waals surface area (Å²) in [5.41, 5.74) is 0. The van der Waals surface area contributed by atoms with Crippen LogP contribution in [-0.4, -0.2) is 25.2 Å². The van der Waals surface area contributed by atoms with Crippen molar-refractivity contribution in [3.8, 4) is 0 Å². The van der Waals surface area contributed by atoms with E-state index in [-0.39, 0.29) is 0 Å². The number of hydrogen-bond acceptors (Lipinski definition) is 2. The van der Waals surface area contributed by atoms with Crippen molar-refractivity contribution in [1.29, 1.82) is 0 Å². The average Bonchev–Trinajstić information content (AvgIpc) is 1.64. The summed E-state index contributed by atoms with van der Waals surface area (Å²) in [5, 5.41) is 8.09. The van der Waals surface area contributed by atoms with Crippen LogP contribution in [0.5, 0.6) is 0 Å². The SMILES string of the molecule is CC(O)C(C)S(=O)O. The Bertz CT molecular complexity index is 91.3. The van der Waals surface area contributed by atoms with Crippen LogP contribution in [0.2, 0.25) is 0 Å². The van der Waals surface area contributed by atoms with Gasteiger partial charge in [-0.15, -0.1) is 0 Å². The lowest BCUT2D eigenvalue weighted by atomic mass is 10.3. The molecular formula is C4H10O3S. The van der Waals surface area contributed by atoms with Crippen molar-refractivity contribution in [2.45, 2.75) is 25.2 Å². The fourth-order valence-corrected chi connectivity index (χ4v) is 0.505. The van der Waals surface area contributed by atoms with E-state index in [1.165, 1.54) is 13.8 Å². The third kappa shape index (κ3) is 2.40. The van der Waals surface area contributed by atoms with Crippen LogP contribution in [-0.2, 0) is 11.1 Å². The predicted molar refractivity (Wildman–Crippen MR) is 31.9 cm³/mol. The molecular weight excluding hydrogens is 128 g/mol. The second-order valence-electron chi connectivity index (χ2n) is 1.72. The molecule has 0 aromatic heterocycles. The number of hydrogen-bond donors (Lipinski definition) is 2. The van der Waals surface area contributed by atoms with E-state index in [0.29, 0.717) is 0 Å². The van der Waals surface area contributed by atoms with Gasteiger partial charge < -0.3 is 9.66 Å². The smallest absolute Gasteiger partial charge is 0.158 e. The van der Waals surface area contributed by atoms with E-state index in [0.717, 1.165) is 0 Å². The highest BCUT2D eigenvalue weighted by molar-refractivity contribution is 7.79. The van der Waals surface area contributed by atoms with Crippen LogP contribution in [0.4, 0.5) is 0 Å². The lowest BCUT2D eigenvalue weighted by Crippen LogP contribution is -2.23. The zero-order valence-electron chi connectivity index (χ0n) is 4.87. The van der Waals surface area contributed by atoms with E-state index in [1.54, 1.807) is 0 Å². The highest BCUT2D eigenvalue weighted by Crippen LogP contribution is 1.97. The molecule has 0 aromatic rings. The molecule has 0 amide bonds. The van der Waals surface area contributed by atoms with Gasteiger partial charge in [-0.05, 0) is 13.8 Å². The molecule has 0 spiro atoms. The Morgan fingerprint density at radius 2 is 1.88 bits per heavy atom. The standard InChI is InChI=1S/C4H10O3S/c1-3(5)4(2)8(6)7/h3-5H,1-2H3,(H,6,7). The van der Waals surface area contributed by atoms with E-state index in [9.17, 15) is 4.21 Å². The Morgan fingerprint density at radius 3 is 1.88 bits per heavy atom. The van der Waals surface area contributed by atoms with Crippen LogP contribution in [0.25, 0.3) is 0 Å². The largest absolute Gasteiger partial charge is 0.392 e. The Hall–Kier alpha value is 0.0700. The molecule has 0 aliphatic rings. The predicted octanol–water partition coefficient (Wildman–Crippen LogP) is -0.0226. The maximum atomic E-state index is 10.1. The van der Waals surface area contributed by atoms with Crippen LogP contribution in [0.15, 0.2) is 0 Å². The summed E-state index contributed by atoms with van der Waals surface area (Å²) in [5.74, 6) is 0. The molecule has 50 valence electrons. The van der Waals surface area contributed by atoms with Crippen LogP contribution in [0.3, 0.4) is 0 Å². The monoisotopic (exact) mass is 138 g/mol. The van der Waals surface area contributed by atoms with E-state index < -0.39 is 22.4 Å². The van der Waals surface area contributed by atoms with Crippen molar-refractivity contribution in [2.24, 2.45) is 0 Å². The topological polar surface area (TPSA) is 57.5 Å². The molecule has 0 fully saturated rings. The van der Waals surface area contributed by atoms with Gasteiger partial charge in [-0.3, -0.25) is 0 Å². The molecule has 0 saturated heterocycles. The number of aliphatic hydroxyl groups is 1. The number of rotatable bonds is 2. The molecule has 3 atom stereocenters. The molecule has 0 rings (SSSR count). The van der Waals surface area contributed by atoms with Crippen molar-refractivity contribution < 1.29 is 13.9 Å². The van der Waals surface area contributed by atoms with E-state index >= 15 is 0 Å². The van der Waals surface area contributed by atoms with Gasteiger partial charge in [0.05, 0.1) is 11.4 Å². The van der Waals surface area contributed by atoms with Crippen LogP contribution in [0, 0.1) is 0 Å². The van der Waals surface area contributed by atoms with E-state index in [4.69, 9.17) is 9.66 Å². The normalized spacial score (nSPS) is 22.0. The molecule has 2 N–H and O–H groups in total. The van der Waals surface area contributed by atoms with Crippen molar-refractivity contribution in [3.63, 3.8) is 0 Å². The average molecular weight is 138 g/mol. The van der Waals surface area contributed by atoms with Crippen molar-refractivity contribution in [2.75, 3.05) is 0 Å². The van der Waals surface area contributed by atoms with E-state index in [1.807, 2.05) is 0 Å². The Balaban J connectivity index is 3.64. The summed E-state index contributed by atoms with van der Waals surface area (Å²) < 4.78 is 18.4. The minimum absolute atomic E-state index is 0.546. The van der Waals surface area contributed by atoms with Gasteiger partial charge in [0.2, 0.25) is 0 Å². The molecule has 0 aliphatic carbocycles. The summed E-state index contributed by atoms with van der Waals surface area (Å²) in [6.45, 7) is 3.00. The number of aliphatic hydroxyl groups excluding tert-OH is 1. The second kappa shape index (κ2) is 3.17. The minimum atomic E-state index is -1.89. The lowest BCUT2D eigenvalue weighted by molar-refractivity contribution is 0.192. The van der Waals surface area contributed by atoms with Gasteiger partial charge in [-0.2, -0.15) is 0 Å². The van der Waals surface area contributed by atoms with Gasteiger partial charge in [0.25, 0.3) is 0 Å². The zero-order chi connectivity index (χ0) is 6.73. The summed E-state index contributed by atoms with van der Waals surface area (Å²) in [7, 11) is 0. The quantitative estimate of drug-likeness (QED) is 0.527. The maximum Gasteiger partial charge on any atom is 0.158 e. The maximum absolute atomic E-state index is 10.1. The molecule has 3 unspecified atom stereocenters. The van der Waals surface area contributed by atoms with Crippen LogP contribution < -0.4 is 0 Å².